The summed E-state index contributed by atoms with van der Waals surface area (Å²) in [7, 11) is 0. The van der Waals surface area contributed by atoms with Crippen LogP contribution in [-0.2, 0) is 9.53 Å². The molecule has 0 radical (unpaired) electrons. The van der Waals surface area contributed by atoms with Crippen molar-refractivity contribution in [1.29, 1.82) is 0 Å². The van der Waals surface area contributed by atoms with E-state index < -0.39 is 0 Å². The van der Waals surface area contributed by atoms with Gasteiger partial charge in [0.05, 0.1) is 34.9 Å². The quantitative estimate of drug-likeness (QED) is 0.279. The molecule has 144 valence electrons. The number of aliphatic imine (C=N–C) groups is 1. The lowest BCUT2D eigenvalue weighted by molar-refractivity contribution is -0.132. The van der Waals surface area contributed by atoms with Crippen LogP contribution >= 0.6 is 45.7 Å². The summed E-state index contributed by atoms with van der Waals surface area (Å²) in [5, 5.41) is 0. The number of amides is 1. The fraction of sp³-hybridized carbons (Fsp3) is 0.250. The van der Waals surface area contributed by atoms with Gasteiger partial charge in [-0.15, -0.1) is 11.3 Å². The molecular weight excluding hydrogens is 505 g/mol. The lowest BCUT2D eigenvalue weighted by Crippen LogP contribution is -2.41. The first kappa shape index (κ1) is 19.8. The molecule has 2 heterocycles. The van der Waals surface area contributed by atoms with Gasteiger partial charge in [-0.05, 0) is 58.5 Å². The van der Waals surface area contributed by atoms with Gasteiger partial charge in [0.2, 0.25) is 5.91 Å². The number of nitrogens with zero attached hydrogens (tertiary/aromatic N) is 3. The average Bonchev–Trinajstić information content (AvgIpc) is 3.14. The third kappa shape index (κ3) is 5.11. The number of benzene rings is 2. The second-order valence-electron chi connectivity index (χ2n) is 6.22. The zero-order valence-corrected chi connectivity index (χ0v) is 18.8. The Morgan fingerprint density at radius 3 is 2.82 bits per heavy atom. The van der Waals surface area contributed by atoms with Crippen LogP contribution in [0.25, 0.3) is 10.2 Å². The Hall–Kier alpha value is -1.49. The third-order valence-electron chi connectivity index (χ3n) is 4.27. The number of rotatable bonds is 5. The Morgan fingerprint density at radius 1 is 1.25 bits per heavy atom. The van der Waals surface area contributed by atoms with Gasteiger partial charge >= 0.3 is 0 Å². The molecule has 0 bridgehead atoms. The summed E-state index contributed by atoms with van der Waals surface area (Å²) in [5.74, 6) is 0.563. The van der Waals surface area contributed by atoms with Crippen molar-refractivity contribution >= 4 is 73.7 Å². The van der Waals surface area contributed by atoms with Gasteiger partial charge in [0.25, 0.3) is 0 Å². The summed E-state index contributed by atoms with van der Waals surface area (Å²) in [5.41, 5.74) is 2.91. The number of hydrogen-bond acceptors (Lipinski definition) is 6. The maximum atomic E-state index is 12.3. The van der Waals surface area contributed by atoms with E-state index in [0.717, 1.165) is 25.8 Å². The lowest BCUT2D eigenvalue weighted by atomic mass is 10.2. The summed E-state index contributed by atoms with van der Waals surface area (Å²) >= 11 is 5.40. The van der Waals surface area contributed by atoms with E-state index in [1.54, 1.807) is 11.3 Å². The number of thioether (sulfide) groups is 1. The van der Waals surface area contributed by atoms with E-state index in [4.69, 9.17) is 4.74 Å². The van der Waals surface area contributed by atoms with Crippen molar-refractivity contribution in [3.05, 3.63) is 51.6 Å². The van der Waals surface area contributed by atoms with Gasteiger partial charge in [0.1, 0.15) is 0 Å². The molecule has 1 aliphatic heterocycles. The van der Waals surface area contributed by atoms with Gasteiger partial charge in [0, 0.05) is 22.9 Å². The van der Waals surface area contributed by atoms with Gasteiger partial charge in [-0.25, -0.2) is 4.98 Å². The van der Waals surface area contributed by atoms with Gasteiger partial charge in [0.15, 0.2) is 4.34 Å². The minimum atomic E-state index is 0.148. The summed E-state index contributed by atoms with van der Waals surface area (Å²) in [6.07, 6.45) is 1.87. The second kappa shape index (κ2) is 9.34. The van der Waals surface area contributed by atoms with Crippen molar-refractivity contribution in [3.8, 4) is 0 Å². The largest absolute Gasteiger partial charge is 0.378 e. The summed E-state index contributed by atoms with van der Waals surface area (Å²) in [6, 6.07) is 14.2. The van der Waals surface area contributed by atoms with Crippen molar-refractivity contribution in [2.75, 3.05) is 32.1 Å². The highest BCUT2D eigenvalue weighted by atomic mass is 127. The van der Waals surface area contributed by atoms with Crippen molar-refractivity contribution in [3.63, 3.8) is 0 Å². The Morgan fingerprint density at radius 2 is 2.04 bits per heavy atom. The minimum absolute atomic E-state index is 0.148. The number of ether oxygens (including phenoxy) is 1. The number of carbonyl (C=O) groups is 1. The second-order valence-corrected chi connectivity index (χ2v) is 9.72. The zero-order valence-electron chi connectivity index (χ0n) is 15.0. The molecule has 1 aromatic heterocycles. The molecule has 1 amide bonds. The van der Waals surface area contributed by atoms with Crippen LogP contribution < -0.4 is 0 Å². The highest BCUT2D eigenvalue weighted by Gasteiger charge is 2.17. The summed E-state index contributed by atoms with van der Waals surface area (Å²) in [4.78, 5) is 23.4. The molecule has 5 nitrogen and oxygen atoms in total. The van der Waals surface area contributed by atoms with E-state index >= 15 is 0 Å². The predicted octanol–water partition coefficient (Wildman–Crippen LogP) is 4.60. The van der Waals surface area contributed by atoms with Crippen LogP contribution in [0, 0.1) is 3.57 Å². The highest BCUT2D eigenvalue weighted by molar-refractivity contribution is 14.1. The van der Waals surface area contributed by atoms with Crippen molar-refractivity contribution in [2.45, 2.75) is 4.34 Å². The van der Waals surface area contributed by atoms with Crippen LogP contribution in [0.5, 0.6) is 0 Å². The van der Waals surface area contributed by atoms with E-state index in [1.165, 1.54) is 15.3 Å². The normalized spacial score (nSPS) is 14.8. The molecule has 0 saturated carbocycles. The van der Waals surface area contributed by atoms with Gasteiger partial charge < -0.3 is 9.64 Å². The Labute approximate surface area is 185 Å². The fourth-order valence-electron chi connectivity index (χ4n) is 2.76. The van der Waals surface area contributed by atoms with Gasteiger partial charge in [-0.1, -0.05) is 23.9 Å². The Bertz CT molecular complexity index is 998. The molecule has 0 spiro atoms. The van der Waals surface area contributed by atoms with E-state index in [9.17, 15) is 4.79 Å². The molecule has 1 fully saturated rings. The summed E-state index contributed by atoms with van der Waals surface area (Å²) < 4.78 is 8.50. The molecule has 0 unspecified atom stereocenters. The van der Waals surface area contributed by atoms with E-state index in [-0.39, 0.29) is 5.91 Å². The average molecular weight is 523 g/mol. The molecule has 0 N–H and O–H groups in total. The first-order chi connectivity index (χ1) is 13.7. The molecule has 3 aromatic rings. The lowest BCUT2D eigenvalue weighted by Gasteiger charge is -2.26. The number of aromatic nitrogens is 1. The van der Waals surface area contributed by atoms with Gasteiger partial charge in [-0.3, -0.25) is 9.79 Å². The van der Waals surface area contributed by atoms with Crippen LogP contribution in [0.2, 0.25) is 0 Å². The molecule has 28 heavy (non-hydrogen) atoms. The molecular formula is C20H18IN3O2S2. The third-order valence-corrected chi connectivity index (χ3v) is 7.13. The molecule has 0 aliphatic carbocycles. The van der Waals surface area contributed by atoms with E-state index in [1.807, 2.05) is 29.3 Å². The monoisotopic (exact) mass is 523 g/mol. The summed E-state index contributed by atoms with van der Waals surface area (Å²) in [6.45, 7) is 2.62. The van der Waals surface area contributed by atoms with Crippen LogP contribution in [-0.4, -0.2) is 54.1 Å². The number of morpholine rings is 1. The number of carbonyl (C=O) groups excluding carboxylic acids is 1. The molecule has 1 aliphatic rings. The number of fused-ring (bicyclic) bond motifs is 1. The zero-order chi connectivity index (χ0) is 19.3. The SMILES string of the molecule is O=C(CSc1nc2ccc(N=Cc3ccc(I)cc3)cc2s1)N1CCOCC1. The Balaban J connectivity index is 1.41. The van der Waals surface area contributed by atoms with Crippen LogP contribution in [0.1, 0.15) is 5.56 Å². The van der Waals surface area contributed by atoms with Crippen LogP contribution in [0.4, 0.5) is 5.69 Å². The van der Waals surface area contributed by atoms with E-state index in [0.29, 0.717) is 32.1 Å². The molecule has 0 atom stereocenters. The van der Waals surface area contributed by atoms with Crippen LogP contribution in [0.3, 0.4) is 0 Å². The standard InChI is InChI=1S/C20H18IN3O2S2/c21-15-3-1-14(2-4-15)12-22-16-5-6-17-18(11-16)28-20(23-17)27-13-19(25)24-7-9-26-10-8-24/h1-6,11-12H,7-10,13H2. The minimum Gasteiger partial charge on any atom is -0.378 e. The maximum Gasteiger partial charge on any atom is 0.233 e. The smallest absolute Gasteiger partial charge is 0.233 e. The number of hydrogen-bond donors (Lipinski definition) is 0. The van der Waals surface area contributed by atoms with Gasteiger partial charge in [-0.2, -0.15) is 0 Å². The molecule has 8 heteroatoms. The first-order valence-corrected chi connectivity index (χ1v) is 11.7. The van der Waals surface area contributed by atoms with Crippen molar-refractivity contribution < 1.29 is 9.53 Å². The van der Waals surface area contributed by atoms with Crippen LogP contribution in [0.15, 0.2) is 51.8 Å². The van der Waals surface area contributed by atoms with Crippen molar-refractivity contribution in [1.82, 2.24) is 9.88 Å². The first-order valence-electron chi connectivity index (χ1n) is 8.86. The van der Waals surface area contributed by atoms with Crippen molar-refractivity contribution in [2.24, 2.45) is 4.99 Å². The Kier molecular flexibility index (Phi) is 6.61. The highest BCUT2D eigenvalue weighted by Crippen LogP contribution is 2.32. The molecule has 2 aromatic carbocycles. The van der Waals surface area contributed by atoms with E-state index in [2.05, 4.69) is 56.8 Å². The fourth-order valence-corrected chi connectivity index (χ4v) is 5.12. The molecule has 4 rings (SSSR count). The predicted molar refractivity (Wildman–Crippen MR) is 124 cm³/mol. The maximum absolute atomic E-state index is 12.3. The molecule has 1 saturated heterocycles. The number of halogens is 1. The topological polar surface area (TPSA) is 54.8 Å². The number of thiazole rings is 1.